The van der Waals surface area contributed by atoms with E-state index in [4.69, 9.17) is 5.73 Å². The van der Waals surface area contributed by atoms with Crippen LogP contribution in [0.1, 0.15) is 51.4 Å². The molecule has 13 heavy (non-hydrogen) atoms. The summed E-state index contributed by atoms with van der Waals surface area (Å²) >= 11 is 0. The Balaban J connectivity index is 1.85. The second-order valence-electron chi connectivity index (χ2n) is 4.84. The van der Waals surface area contributed by atoms with Crippen molar-refractivity contribution < 1.29 is 4.79 Å². The van der Waals surface area contributed by atoms with Crippen molar-refractivity contribution in [1.29, 1.82) is 0 Å². The van der Waals surface area contributed by atoms with Crippen LogP contribution in [0, 0.1) is 5.92 Å². The quantitative estimate of drug-likeness (QED) is 0.723. The van der Waals surface area contributed by atoms with Crippen molar-refractivity contribution in [2.24, 2.45) is 11.7 Å². The van der Waals surface area contributed by atoms with E-state index in [0.717, 1.165) is 25.7 Å². The van der Waals surface area contributed by atoms with E-state index in [-0.39, 0.29) is 5.54 Å². The Morgan fingerprint density at radius 3 is 2.31 bits per heavy atom. The summed E-state index contributed by atoms with van der Waals surface area (Å²) < 4.78 is 0. The molecular formula is C11H19NO. The summed E-state index contributed by atoms with van der Waals surface area (Å²) in [5.41, 5.74) is 6.04. The maximum absolute atomic E-state index is 11.7. The molecule has 2 saturated carbocycles. The van der Waals surface area contributed by atoms with Crippen molar-refractivity contribution in [3.05, 3.63) is 0 Å². The molecule has 0 atom stereocenters. The lowest BCUT2D eigenvalue weighted by Gasteiger charge is -2.29. The van der Waals surface area contributed by atoms with Crippen LogP contribution in [-0.4, -0.2) is 11.3 Å². The van der Waals surface area contributed by atoms with E-state index >= 15 is 0 Å². The average Bonchev–Trinajstić information content (AvgIpc) is 2.31. The van der Waals surface area contributed by atoms with Crippen molar-refractivity contribution in [2.75, 3.05) is 0 Å². The highest BCUT2D eigenvalue weighted by Gasteiger charge is 2.35. The fourth-order valence-electron chi connectivity index (χ4n) is 2.48. The Labute approximate surface area is 79.9 Å². The number of hydrogen-bond donors (Lipinski definition) is 1. The van der Waals surface area contributed by atoms with Gasteiger partial charge in [0.1, 0.15) is 5.78 Å². The minimum Gasteiger partial charge on any atom is -0.325 e. The highest BCUT2D eigenvalue weighted by molar-refractivity contribution is 5.82. The maximum atomic E-state index is 11.7. The number of nitrogens with two attached hydrogens (primary N) is 1. The van der Waals surface area contributed by atoms with Gasteiger partial charge in [0.05, 0.1) is 0 Å². The zero-order valence-corrected chi connectivity index (χ0v) is 8.22. The molecule has 0 heterocycles. The maximum Gasteiger partial charge on any atom is 0.137 e. The normalized spacial score (nSPS) is 27.2. The smallest absolute Gasteiger partial charge is 0.137 e. The minimum atomic E-state index is -0.118. The van der Waals surface area contributed by atoms with Crippen LogP contribution in [0.5, 0.6) is 0 Å². The summed E-state index contributed by atoms with van der Waals surface area (Å²) in [7, 11) is 0. The van der Waals surface area contributed by atoms with E-state index in [1.165, 1.54) is 19.3 Å². The van der Waals surface area contributed by atoms with Gasteiger partial charge < -0.3 is 5.73 Å². The molecule has 0 aromatic rings. The van der Waals surface area contributed by atoms with Gasteiger partial charge in [0, 0.05) is 17.9 Å². The van der Waals surface area contributed by atoms with Gasteiger partial charge in [-0.3, -0.25) is 4.79 Å². The SMILES string of the molecule is NC1(CC(=O)C2CCC2)CCCC1. The zero-order valence-electron chi connectivity index (χ0n) is 8.22. The van der Waals surface area contributed by atoms with Crippen molar-refractivity contribution >= 4 is 5.78 Å². The van der Waals surface area contributed by atoms with Gasteiger partial charge in [-0.25, -0.2) is 0 Å². The molecule has 0 bridgehead atoms. The van der Waals surface area contributed by atoms with Crippen LogP contribution in [-0.2, 0) is 4.79 Å². The molecule has 2 heteroatoms. The molecule has 2 rings (SSSR count). The lowest BCUT2D eigenvalue weighted by Crippen LogP contribution is -2.41. The molecule has 0 amide bonds. The van der Waals surface area contributed by atoms with Crippen LogP contribution in [0.25, 0.3) is 0 Å². The summed E-state index contributed by atoms with van der Waals surface area (Å²) in [5, 5.41) is 0. The van der Waals surface area contributed by atoms with Gasteiger partial charge >= 0.3 is 0 Å². The molecule has 0 unspecified atom stereocenters. The standard InChI is InChI=1S/C11H19NO/c12-11(6-1-2-7-11)8-10(13)9-4-3-5-9/h9H,1-8,12H2. The van der Waals surface area contributed by atoms with Crippen LogP contribution in [0.4, 0.5) is 0 Å². The molecule has 2 N–H and O–H groups in total. The molecule has 2 aliphatic rings. The third kappa shape index (κ3) is 1.93. The van der Waals surface area contributed by atoms with Crippen LogP contribution >= 0.6 is 0 Å². The lowest BCUT2D eigenvalue weighted by molar-refractivity contribution is -0.126. The van der Waals surface area contributed by atoms with E-state index in [2.05, 4.69) is 0 Å². The summed E-state index contributed by atoms with van der Waals surface area (Å²) in [6.45, 7) is 0. The fraction of sp³-hybridized carbons (Fsp3) is 0.909. The average molecular weight is 181 g/mol. The van der Waals surface area contributed by atoms with Gasteiger partial charge in [-0.1, -0.05) is 19.3 Å². The summed E-state index contributed by atoms with van der Waals surface area (Å²) in [6, 6.07) is 0. The molecule has 0 spiro atoms. The van der Waals surface area contributed by atoms with Gasteiger partial charge in [-0.05, 0) is 25.7 Å². The van der Waals surface area contributed by atoms with Crippen LogP contribution in [0.3, 0.4) is 0 Å². The third-order valence-electron chi connectivity index (χ3n) is 3.69. The molecule has 74 valence electrons. The fourth-order valence-corrected chi connectivity index (χ4v) is 2.48. The highest BCUT2D eigenvalue weighted by Crippen LogP contribution is 2.35. The molecule has 0 aromatic heterocycles. The van der Waals surface area contributed by atoms with Gasteiger partial charge in [-0.15, -0.1) is 0 Å². The summed E-state index contributed by atoms with van der Waals surface area (Å²) in [5.74, 6) is 0.816. The molecule has 2 nitrogen and oxygen atoms in total. The first kappa shape index (κ1) is 9.20. The Morgan fingerprint density at radius 2 is 1.85 bits per heavy atom. The molecule has 0 radical (unpaired) electrons. The first-order valence-electron chi connectivity index (χ1n) is 5.51. The van der Waals surface area contributed by atoms with Crippen molar-refractivity contribution in [1.82, 2.24) is 0 Å². The predicted molar refractivity (Wildman–Crippen MR) is 52.4 cm³/mol. The monoisotopic (exact) mass is 181 g/mol. The summed E-state index contributed by atoms with van der Waals surface area (Å²) in [6.07, 6.45) is 8.69. The Morgan fingerprint density at radius 1 is 1.23 bits per heavy atom. The molecule has 2 fully saturated rings. The number of hydrogen-bond acceptors (Lipinski definition) is 2. The van der Waals surface area contributed by atoms with E-state index in [0.29, 0.717) is 18.1 Å². The molecule has 0 aromatic carbocycles. The largest absolute Gasteiger partial charge is 0.325 e. The molecular weight excluding hydrogens is 162 g/mol. The van der Waals surface area contributed by atoms with Crippen molar-refractivity contribution in [3.8, 4) is 0 Å². The molecule has 0 aliphatic heterocycles. The van der Waals surface area contributed by atoms with Crippen LogP contribution in [0.15, 0.2) is 0 Å². The third-order valence-corrected chi connectivity index (χ3v) is 3.69. The van der Waals surface area contributed by atoms with Gasteiger partial charge in [0.25, 0.3) is 0 Å². The zero-order chi connectivity index (χ0) is 9.31. The summed E-state index contributed by atoms with van der Waals surface area (Å²) in [4.78, 5) is 11.7. The van der Waals surface area contributed by atoms with Gasteiger partial charge in [0.15, 0.2) is 0 Å². The second-order valence-corrected chi connectivity index (χ2v) is 4.84. The molecule has 2 aliphatic carbocycles. The number of carbonyl (C=O) groups is 1. The van der Waals surface area contributed by atoms with Crippen LogP contribution in [0.2, 0.25) is 0 Å². The van der Waals surface area contributed by atoms with Crippen LogP contribution < -0.4 is 5.73 Å². The lowest BCUT2D eigenvalue weighted by atomic mass is 9.77. The van der Waals surface area contributed by atoms with Crippen molar-refractivity contribution in [3.63, 3.8) is 0 Å². The number of Topliss-reactive ketones (excluding diaryl/α,β-unsaturated/α-hetero) is 1. The highest BCUT2D eigenvalue weighted by atomic mass is 16.1. The number of ketones is 1. The first-order valence-corrected chi connectivity index (χ1v) is 5.51. The minimum absolute atomic E-state index is 0.118. The Kier molecular flexibility index (Phi) is 2.41. The van der Waals surface area contributed by atoms with Crippen molar-refractivity contribution in [2.45, 2.75) is 56.9 Å². The van der Waals surface area contributed by atoms with E-state index in [9.17, 15) is 4.79 Å². The number of rotatable bonds is 3. The first-order chi connectivity index (χ1) is 6.20. The Hall–Kier alpha value is -0.370. The second kappa shape index (κ2) is 3.41. The van der Waals surface area contributed by atoms with Gasteiger partial charge in [-0.2, -0.15) is 0 Å². The van der Waals surface area contributed by atoms with E-state index in [1.807, 2.05) is 0 Å². The Bertz CT molecular complexity index is 202. The topological polar surface area (TPSA) is 43.1 Å². The van der Waals surface area contributed by atoms with Gasteiger partial charge in [0.2, 0.25) is 0 Å². The molecule has 0 saturated heterocycles. The van der Waals surface area contributed by atoms with E-state index < -0.39 is 0 Å². The van der Waals surface area contributed by atoms with E-state index in [1.54, 1.807) is 0 Å². The number of carbonyl (C=O) groups excluding carboxylic acids is 1. The predicted octanol–water partition coefficient (Wildman–Crippen LogP) is 2.02.